The van der Waals surface area contributed by atoms with Crippen LogP contribution in [0.2, 0.25) is 0 Å². The summed E-state index contributed by atoms with van der Waals surface area (Å²) < 4.78 is 23.3. The summed E-state index contributed by atoms with van der Waals surface area (Å²) in [5.74, 6) is 1.10. The van der Waals surface area contributed by atoms with E-state index in [4.69, 9.17) is 0 Å². The highest BCUT2D eigenvalue weighted by Crippen LogP contribution is 2.40. The molecule has 1 unspecified atom stereocenters. The van der Waals surface area contributed by atoms with Gasteiger partial charge in [-0.3, -0.25) is 0 Å². The quantitative estimate of drug-likeness (QED) is 0.712. The summed E-state index contributed by atoms with van der Waals surface area (Å²) >= 11 is 0. The molecule has 1 saturated heterocycles. The number of hydrogen-bond acceptors (Lipinski definition) is 5. The second kappa shape index (κ2) is 6.08. The normalized spacial score (nSPS) is 27.7. The minimum atomic E-state index is -2.86. The SMILES string of the molecule is CCNC(CO)(CN1CCCS(=O)(=O)CC1)C1CC1. The van der Waals surface area contributed by atoms with Crippen LogP contribution >= 0.6 is 0 Å². The third kappa shape index (κ3) is 3.90. The number of sulfone groups is 1. The lowest BCUT2D eigenvalue weighted by molar-refractivity contribution is 0.0950. The maximum absolute atomic E-state index is 11.6. The first-order valence-corrected chi connectivity index (χ1v) is 9.12. The first-order chi connectivity index (χ1) is 9.01. The second-order valence-electron chi connectivity index (χ2n) is 5.90. The van der Waals surface area contributed by atoms with Crippen LogP contribution in [0.5, 0.6) is 0 Å². The number of nitrogens with zero attached hydrogens (tertiary/aromatic N) is 1. The van der Waals surface area contributed by atoms with Crippen molar-refractivity contribution in [1.82, 2.24) is 10.2 Å². The van der Waals surface area contributed by atoms with E-state index in [2.05, 4.69) is 17.1 Å². The maximum atomic E-state index is 11.6. The molecule has 0 bridgehead atoms. The average molecular weight is 290 g/mol. The first kappa shape index (κ1) is 15.2. The summed E-state index contributed by atoms with van der Waals surface area (Å²) in [6.45, 7) is 5.20. The van der Waals surface area contributed by atoms with Gasteiger partial charge in [-0.2, -0.15) is 0 Å². The summed E-state index contributed by atoms with van der Waals surface area (Å²) in [6, 6.07) is 0. The molecule has 2 fully saturated rings. The third-order valence-corrected chi connectivity index (χ3v) is 6.04. The van der Waals surface area contributed by atoms with Gasteiger partial charge in [0.25, 0.3) is 0 Å². The Kier molecular flexibility index (Phi) is 4.87. The van der Waals surface area contributed by atoms with Crippen LogP contribution in [0.15, 0.2) is 0 Å². The molecule has 2 aliphatic rings. The minimum Gasteiger partial charge on any atom is -0.394 e. The number of hydrogen-bond donors (Lipinski definition) is 2. The van der Waals surface area contributed by atoms with Gasteiger partial charge in [0.05, 0.1) is 23.7 Å². The van der Waals surface area contributed by atoms with Crippen LogP contribution in [0.1, 0.15) is 26.2 Å². The van der Waals surface area contributed by atoms with Crippen LogP contribution in [0.4, 0.5) is 0 Å². The highest BCUT2D eigenvalue weighted by molar-refractivity contribution is 7.91. The molecule has 0 aromatic heterocycles. The smallest absolute Gasteiger partial charge is 0.151 e. The van der Waals surface area contributed by atoms with Crippen LogP contribution in [0.25, 0.3) is 0 Å². The van der Waals surface area contributed by atoms with Gasteiger partial charge < -0.3 is 15.3 Å². The Hall–Kier alpha value is -0.170. The zero-order valence-electron chi connectivity index (χ0n) is 11.8. The molecule has 0 amide bonds. The Bertz CT molecular complexity index is 395. The zero-order chi connectivity index (χ0) is 13.9. The Morgan fingerprint density at radius 3 is 2.63 bits per heavy atom. The van der Waals surface area contributed by atoms with E-state index >= 15 is 0 Å². The van der Waals surface area contributed by atoms with Gasteiger partial charge in [0.15, 0.2) is 9.84 Å². The van der Waals surface area contributed by atoms with Gasteiger partial charge in [-0.25, -0.2) is 8.42 Å². The predicted octanol–water partition coefficient (Wildman–Crippen LogP) is -0.142. The Labute approximate surface area is 116 Å². The molecule has 1 heterocycles. The Morgan fingerprint density at radius 2 is 2.05 bits per heavy atom. The number of rotatable bonds is 6. The maximum Gasteiger partial charge on any atom is 0.151 e. The number of likely N-dealkylation sites (N-methyl/N-ethyl adjacent to an activating group) is 1. The molecule has 0 spiro atoms. The minimum absolute atomic E-state index is 0.134. The molecule has 6 heteroatoms. The molecule has 2 N–H and O–H groups in total. The molecule has 1 saturated carbocycles. The molecule has 19 heavy (non-hydrogen) atoms. The van der Waals surface area contributed by atoms with Gasteiger partial charge in [-0.05, 0) is 38.3 Å². The van der Waals surface area contributed by atoms with Gasteiger partial charge in [-0.1, -0.05) is 6.92 Å². The lowest BCUT2D eigenvalue weighted by Crippen LogP contribution is -2.58. The van der Waals surface area contributed by atoms with Crippen molar-refractivity contribution in [2.24, 2.45) is 5.92 Å². The van der Waals surface area contributed by atoms with E-state index in [1.807, 2.05) is 0 Å². The summed E-state index contributed by atoms with van der Waals surface area (Å²) in [5, 5.41) is 13.3. The van der Waals surface area contributed by atoms with Gasteiger partial charge in [0.1, 0.15) is 0 Å². The molecule has 0 radical (unpaired) electrons. The predicted molar refractivity (Wildman–Crippen MR) is 75.9 cm³/mol. The highest BCUT2D eigenvalue weighted by Gasteiger charge is 2.45. The topological polar surface area (TPSA) is 69.6 Å². The van der Waals surface area contributed by atoms with E-state index in [0.717, 1.165) is 19.6 Å². The standard InChI is InChI=1S/C13H26N2O3S/c1-2-14-13(11-16,12-4-5-12)10-15-6-3-8-19(17,18)9-7-15/h12,14,16H,2-11H2,1H3. The second-order valence-corrected chi connectivity index (χ2v) is 8.20. The zero-order valence-corrected chi connectivity index (χ0v) is 12.6. The van der Waals surface area contributed by atoms with Crippen molar-refractivity contribution in [2.45, 2.75) is 31.7 Å². The molecule has 112 valence electrons. The van der Waals surface area contributed by atoms with E-state index in [9.17, 15) is 13.5 Å². The monoisotopic (exact) mass is 290 g/mol. The lowest BCUT2D eigenvalue weighted by atomic mass is 9.93. The summed E-state index contributed by atoms with van der Waals surface area (Å²) in [5.41, 5.74) is -0.233. The van der Waals surface area contributed by atoms with Crippen molar-refractivity contribution in [2.75, 3.05) is 44.3 Å². The summed E-state index contributed by atoms with van der Waals surface area (Å²) in [6.07, 6.45) is 3.04. The van der Waals surface area contributed by atoms with E-state index in [1.54, 1.807) is 0 Å². The average Bonchev–Trinajstić information content (AvgIpc) is 3.18. The summed E-state index contributed by atoms with van der Waals surface area (Å²) in [4.78, 5) is 2.21. The first-order valence-electron chi connectivity index (χ1n) is 7.30. The molecule has 1 atom stereocenters. The lowest BCUT2D eigenvalue weighted by Gasteiger charge is -2.38. The molecular formula is C13H26N2O3S. The molecule has 5 nitrogen and oxygen atoms in total. The van der Waals surface area contributed by atoms with Crippen molar-refractivity contribution >= 4 is 9.84 Å². The van der Waals surface area contributed by atoms with Crippen LogP contribution < -0.4 is 5.32 Å². The molecule has 1 aliphatic carbocycles. The highest BCUT2D eigenvalue weighted by atomic mass is 32.2. The largest absolute Gasteiger partial charge is 0.394 e. The Morgan fingerprint density at radius 1 is 1.32 bits per heavy atom. The van der Waals surface area contributed by atoms with E-state index in [0.29, 0.717) is 24.6 Å². The van der Waals surface area contributed by atoms with Gasteiger partial charge >= 0.3 is 0 Å². The molecular weight excluding hydrogens is 264 g/mol. The van der Waals surface area contributed by atoms with E-state index < -0.39 is 9.84 Å². The number of nitrogens with one attached hydrogen (secondary N) is 1. The fourth-order valence-corrected chi connectivity index (χ4v) is 4.41. The fourth-order valence-electron chi connectivity index (χ4n) is 3.10. The fraction of sp³-hybridized carbons (Fsp3) is 1.00. The van der Waals surface area contributed by atoms with E-state index in [1.165, 1.54) is 12.8 Å². The van der Waals surface area contributed by atoms with Crippen LogP contribution in [-0.2, 0) is 9.84 Å². The van der Waals surface area contributed by atoms with E-state index in [-0.39, 0.29) is 17.9 Å². The Balaban J connectivity index is 2.00. The summed E-state index contributed by atoms with van der Waals surface area (Å²) in [7, 11) is -2.86. The van der Waals surface area contributed by atoms with Gasteiger partial charge in [0.2, 0.25) is 0 Å². The van der Waals surface area contributed by atoms with Crippen LogP contribution in [0, 0.1) is 5.92 Å². The van der Waals surface area contributed by atoms with Crippen molar-refractivity contribution < 1.29 is 13.5 Å². The van der Waals surface area contributed by atoms with Gasteiger partial charge in [-0.15, -0.1) is 0 Å². The number of aliphatic hydroxyl groups excluding tert-OH is 1. The molecule has 1 aliphatic heterocycles. The van der Waals surface area contributed by atoms with Crippen molar-refractivity contribution in [3.05, 3.63) is 0 Å². The number of aliphatic hydroxyl groups is 1. The van der Waals surface area contributed by atoms with Crippen LogP contribution in [-0.4, -0.2) is 68.3 Å². The van der Waals surface area contributed by atoms with Crippen molar-refractivity contribution in [3.8, 4) is 0 Å². The molecule has 0 aromatic rings. The van der Waals surface area contributed by atoms with Crippen molar-refractivity contribution in [1.29, 1.82) is 0 Å². The van der Waals surface area contributed by atoms with Crippen LogP contribution in [0.3, 0.4) is 0 Å². The third-order valence-electron chi connectivity index (χ3n) is 4.32. The van der Waals surface area contributed by atoms with Crippen molar-refractivity contribution in [3.63, 3.8) is 0 Å². The molecule has 2 rings (SSSR count). The molecule has 0 aromatic carbocycles. The van der Waals surface area contributed by atoms with Gasteiger partial charge in [0, 0.05) is 13.1 Å².